The van der Waals surface area contributed by atoms with Crippen LogP contribution in [0.2, 0.25) is 0 Å². The van der Waals surface area contributed by atoms with Gasteiger partial charge in [-0.2, -0.15) is 0 Å². The fourth-order valence-electron chi connectivity index (χ4n) is 0.225. The van der Waals surface area contributed by atoms with E-state index in [1.165, 1.54) is 0 Å². The highest BCUT2D eigenvalue weighted by molar-refractivity contribution is 5.77. The van der Waals surface area contributed by atoms with E-state index in [1.807, 2.05) is 5.32 Å². The quantitative estimate of drug-likeness (QED) is 0.272. The zero-order valence-corrected chi connectivity index (χ0v) is 4.66. The molecule has 6 heteroatoms. The smallest absolute Gasteiger partial charge is 0.277 e. The summed E-state index contributed by atoms with van der Waals surface area (Å²) in [5.41, 5.74) is 4.82. The van der Waals surface area contributed by atoms with Gasteiger partial charge in [0.05, 0.1) is 6.54 Å². The molecule has 3 N–H and O–H groups in total. The molecule has 0 saturated carbocycles. The molecule has 0 spiro atoms. The zero-order chi connectivity index (χ0) is 7.28. The van der Waals surface area contributed by atoms with Crippen LogP contribution in [0.5, 0.6) is 0 Å². The summed E-state index contributed by atoms with van der Waals surface area (Å²) in [6, 6.07) is 0. The topological polar surface area (TPSA) is 98.3 Å². The Balaban J connectivity index is 3.28. The first-order valence-electron chi connectivity index (χ1n) is 2.25. The molecule has 0 aliphatic rings. The molecule has 0 bridgehead atoms. The Labute approximate surface area is 51.2 Å². The summed E-state index contributed by atoms with van der Waals surface area (Å²) in [6.07, 6.45) is 0. The van der Waals surface area contributed by atoms with Crippen molar-refractivity contribution in [1.82, 2.24) is 5.32 Å². The summed E-state index contributed by atoms with van der Waals surface area (Å²) in [5.74, 6) is -0.522. The van der Waals surface area contributed by atoms with E-state index in [0.29, 0.717) is 0 Å². The van der Waals surface area contributed by atoms with Gasteiger partial charge in [-0.15, -0.1) is 0 Å². The first-order chi connectivity index (χ1) is 4.16. The van der Waals surface area contributed by atoms with Crippen molar-refractivity contribution < 1.29 is 9.72 Å². The highest BCUT2D eigenvalue weighted by Gasteiger charge is 1.99. The van der Waals surface area contributed by atoms with E-state index in [4.69, 9.17) is 5.73 Å². The molecule has 1 amide bonds. The molecule has 52 valence electrons. The summed E-state index contributed by atoms with van der Waals surface area (Å²) < 4.78 is 0. The summed E-state index contributed by atoms with van der Waals surface area (Å²) in [6.45, 7) is -0.774. The molecule has 0 fully saturated rings. The van der Waals surface area contributed by atoms with Crippen molar-refractivity contribution >= 4 is 5.91 Å². The molecule has 0 radical (unpaired) electrons. The minimum Gasteiger partial charge on any atom is -0.322 e. The molecule has 0 rings (SSSR count). The van der Waals surface area contributed by atoms with Crippen LogP contribution in [-0.2, 0) is 4.79 Å². The van der Waals surface area contributed by atoms with Crippen LogP contribution in [0, 0.1) is 10.1 Å². The third-order valence-corrected chi connectivity index (χ3v) is 0.591. The second-order valence-corrected chi connectivity index (χ2v) is 1.29. The van der Waals surface area contributed by atoms with Crippen LogP contribution in [0.25, 0.3) is 0 Å². The number of rotatable bonds is 3. The van der Waals surface area contributed by atoms with Crippen LogP contribution in [0.15, 0.2) is 0 Å². The lowest BCUT2D eigenvalue weighted by Crippen LogP contribution is -2.33. The van der Waals surface area contributed by atoms with Crippen LogP contribution < -0.4 is 11.1 Å². The van der Waals surface area contributed by atoms with Crippen molar-refractivity contribution in [3.05, 3.63) is 10.1 Å². The number of hydrogen-bond acceptors (Lipinski definition) is 4. The van der Waals surface area contributed by atoms with Gasteiger partial charge in [-0.05, 0) is 0 Å². The number of nitro groups is 1. The number of carbonyl (C=O) groups is 1. The molecule has 9 heavy (non-hydrogen) atoms. The number of nitrogens with zero attached hydrogens (tertiary/aromatic N) is 1. The van der Waals surface area contributed by atoms with Crippen LogP contribution >= 0.6 is 0 Å². The Morgan fingerprint density at radius 3 is 2.67 bits per heavy atom. The first kappa shape index (κ1) is 7.83. The van der Waals surface area contributed by atoms with Gasteiger partial charge < -0.3 is 5.73 Å². The van der Waals surface area contributed by atoms with Crippen LogP contribution in [0.1, 0.15) is 0 Å². The van der Waals surface area contributed by atoms with Gasteiger partial charge in [0.1, 0.15) is 0 Å². The maximum Gasteiger partial charge on any atom is 0.277 e. The normalized spacial score (nSPS) is 8.56. The maximum absolute atomic E-state index is 10.2. The molecule has 0 aromatic rings. The van der Waals surface area contributed by atoms with Crippen molar-refractivity contribution in [2.45, 2.75) is 0 Å². The van der Waals surface area contributed by atoms with E-state index >= 15 is 0 Å². The molecule has 0 aromatic heterocycles. The van der Waals surface area contributed by atoms with Crippen LogP contribution in [0.3, 0.4) is 0 Å². The Bertz CT molecular complexity index is 123. The van der Waals surface area contributed by atoms with Gasteiger partial charge in [0.15, 0.2) is 0 Å². The Morgan fingerprint density at radius 1 is 1.78 bits per heavy atom. The van der Waals surface area contributed by atoms with E-state index in [9.17, 15) is 14.9 Å². The van der Waals surface area contributed by atoms with E-state index in [-0.39, 0.29) is 6.54 Å². The third-order valence-electron chi connectivity index (χ3n) is 0.591. The van der Waals surface area contributed by atoms with Gasteiger partial charge in [-0.1, -0.05) is 0 Å². The van der Waals surface area contributed by atoms with Gasteiger partial charge in [0.25, 0.3) is 6.67 Å². The highest BCUT2D eigenvalue weighted by atomic mass is 16.6. The number of nitrogens with one attached hydrogen (secondary N) is 1. The molecule has 6 nitrogen and oxygen atoms in total. The zero-order valence-electron chi connectivity index (χ0n) is 4.66. The van der Waals surface area contributed by atoms with Crippen LogP contribution in [0.4, 0.5) is 0 Å². The predicted octanol–water partition coefficient (Wildman–Crippen LogP) is -1.70. The summed E-state index contributed by atoms with van der Waals surface area (Å²) in [7, 11) is 0. The third kappa shape index (κ3) is 4.69. The fourth-order valence-corrected chi connectivity index (χ4v) is 0.225. The van der Waals surface area contributed by atoms with E-state index < -0.39 is 17.5 Å². The molecular formula is C3H7N3O3. The van der Waals surface area contributed by atoms with Gasteiger partial charge in [0.2, 0.25) is 5.91 Å². The average molecular weight is 133 g/mol. The van der Waals surface area contributed by atoms with E-state index in [0.717, 1.165) is 0 Å². The number of amides is 1. The van der Waals surface area contributed by atoms with E-state index in [2.05, 4.69) is 0 Å². The van der Waals surface area contributed by atoms with Crippen molar-refractivity contribution in [2.24, 2.45) is 5.73 Å². The minimum atomic E-state index is -0.645. The Morgan fingerprint density at radius 2 is 2.33 bits per heavy atom. The van der Waals surface area contributed by atoms with Crippen molar-refractivity contribution in [3.8, 4) is 0 Å². The Hall–Kier alpha value is -1.17. The summed E-state index contributed by atoms with van der Waals surface area (Å²) >= 11 is 0. The van der Waals surface area contributed by atoms with Gasteiger partial charge in [0, 0.05) is 4.92 Å². The molecule has 0 aromatic carbocycles. The summed E-state index contributed by atoms with van der Waals surface area (Å²) in [4.78, 5) is 19.1. The van der Waals surface area contributed by atoms with Gasteiger partial charge >= 0.3 is 0 Å². The second-order valence-electron chi connectivity index (χ2n) is 1.29. The number of hydrogen-bond donors (Lipinski definition) is 2. The van der Waals surface area contributed by atoms with Crippen molar-refractivity contribution in [3.63, 3.8) is 0 Å². The first-order valence-corrected chi connectivity index (χ1v) is 2.25. The number of nitrogens with two attached hydrogens (primary N) is 1. The second kappa shape index (κ2) is 3.79. The molecule has 0 saturated heterocycles. The van der Waals surface area contributed by atoms with Gasteiger partial charge in [-0.25, -0.2) is 0 Å². The maximum atomic E-state index is 10.2. The lowest BCUT2D eigenvalue weighted by atomic mass is 10.6. The monoisotopic (exact) mass is 133 g/mol. The Kier molecular flexibility index (Phi) is 3.29. The van der Waals surface area contributed by atoms with Gasteiger partial charge in [-0.3, -0.25) is 20.2 Å². The lowest BCUT2D eigenvalue weighted by molar-refractivity contribution is -0.483. The molecule has 0 unspecified atom stereocenters. The van der Waals surface area contributed by atoms with Crippen LogP contribution in [-0.4, -0.2) is 24.0 Å². The lowest BCUT2D eigenvalue weighted by Gasteiger charge is -1.94. The molecular weight excluding hydrogens is 126 g/mol. The highest BCUT2D eigenvalue weighted by Crippen LogP contribution is 1.62. The number of carbonyl (C=O) groups excluding carboxylic acids is 1. The molecule has 0 heterocycles. The van der Waals surface area contributed by atoms with E-state index in [1.54, 1.807) is 0 Å². The fraction of sp³-hybridized carbons (Fsp3) is 0.667. The van der Waals surface area contributed by atoms with Crippen molar-refractivity contribution in [1.29, 1.82) is 0 Å². The largest absolute Gasteiger partial charge is 0.322 e. The SMILES string of the molecule is NCC(=O)NC[N+](=O)[O-]. The standard InChI is InChI=1S/C3H7N3O3/c4-1-3(7)5-2-6(8)9/h1-2,4H2,(H,5,7). The minimum absolute atomic E-state index is 0.214. The average Bonchev–Trinajstić information content (AvgIpc) is 1.83. The predicted molar refractivity (Wildman–Crippen MR) is 29.1 cm³/mol. The molecule has 0 aliphatic heterocycles. The molecule has 0 atom stereocenters. The van der Waals surface area contributed by atoms with Crippen molar-refractivity contribution in [2.75, 3.05) is 13.2 Å². The molecule has 0 aliphatic carbocycles. The summed E-state index contributed by atoms with van der Waals surface area (Å²) in [5, 5.41) is 11.5.